The van der Waals surface area contributed by atoms with E-state index in [-0.39, 0.29) is 0 Å². The summed E-state index contributed by atoms with van der Waals surface area (Å²) < 4.78 is 0. The van der Waals surface area contributed by atoms with Crippen LogP contribution in [0.25, 0.3) is 0 Å². The average molecular weight is 222 g/mol. The summed E-state index contributed by atoms with van der Waals surface area (Å²) in [6.45, 7) is 10.1. The van der Waals surface area contributed by atoms with Crippen molar-refractivity contribution in [2.75, 3.05) is 32.7 Å². The zero-order valence-corrected chi connectivity index (χ0v) is 10.3. The zero-order chi connectivity index (χ0) is 11.4. The van der Waals surface area contributed by atoms with Gasteiger partial charge in [0, 0.05) is 38.4 Å². The van der Waals surface area contributed by atoms with E-state index in [1.165, 1.54) is 30.0 Å². The highest BCUT2D eigenvalue weighted by atomic mass is 15.2. The Hall–Kier alpha value is -0.870. The molecule has 0 saturated carbocycles. The van der Waals surface area contributed by atoms with Crippen LogP contribution in [0.2, 0.25) is 0 Å². The number of rotatable bonds is 4. The molecule has 2 heterocycles. The Bertz CT molecular complexity index is 326. The van der Waals surface area contributed by atoms with Crippen molar-refractivity contribution >= 4 is 0 Å². The Kier molecular flexibility index (Phi) is 3.96. The first-order valence-corrected chi connectivity index (χ1v) is 6.27. The lowest BCUT2D eigenvalue weighted by Gasteiger charge is -2.27. The van der Waals surface area contributed by atoms with Crippen molar-refractivity contribution in [3.8, 4) is 0 Å². The summed E-state index contributed by atoms with van der Waals surface area (Å²) in [7, 11) is 0. The van der Waals surface area contributed by atoms with Crippen LogP contribution in [-0.2, 0) is 12.8 Å². The molecule has 0 amide bonds. The zero-order valence-electron chi connectivity index (χ0n) is 10.3. The Labute approximate surface area is 97.4 Å². The predicted octanol–water partition coefficient (Wildman–Crippen LogP) is 0.728. The fourth-order valence-corrected chi connectivity index (χ4v) is 2.33. The van der Waals surface area contributed by atoms with Crippen LogP contribution in [-0.4, -0.2) is 47.8 Å². The third-order valence-corrected chi connectivity index (χ3v) is 3.38. The van der Waals surface area contributed by atoms with Crippen molar-refractivity contribution in [3.05, 3.63) is 17.0 Å². The Balaban J connectivity index is 1.90. The predicted molar refractivity (Wildman–Crippen MR) is 65.7 cm³/mol. The van der Waals surface area contributed by atoms with Gasteiger partial charge in [-0.25, -0.2) is 0 Å². The van der Waals surface area contributed by atoms with Crippen LogP contribution in [0.5, 0.6) is 0 Å². The van der Waals surface area contributed by atoms with E-state index in [1.54, 1.807) is 0 Å². The molecule has 2 N–H and O–H groups in total. The molecule has 4 nitrogen and oxygen atoms in total. The maximum Gasteiger partial charge on any atom is 0.0654 e. The molecule has 1 aromatic rings. The highest BCUT2D eigenvalue weighted by molar-refractivity contribution is 5.24. The summed E-state index contributed by atoms with van der Waals surface area (Å²) in [6, 6.07) is 0. The molecule has 90 valence electrons. The fourth-order valence-electron chi connectivity index (χ4n) is 2.33. The van der Waals surface area contributed by atoms with Gasteiger partial charge in [0.05, 0.1) is 5.69 Å². The first-order chi connectivity index (χ1) is 7.81. The number of H-pyrrole nitrogens is 1. The second kappa shape index (κ2) is 5.46. The lowest BCUT2D eigenvalue weighted by atomic mass is 10.1. The van der Waals surface area contributed by atoms with Gasteiger partial charge in [0.15, 0.2) is 0 Å². The molecule has 0 bridgehead atoms. The quantitative estimate of drug-likeness (QED) is 0.789. The van der Waals surface area contributed by atoms with Crippen LogP contribution in [0.15, 0.2) is 0 Å². The van der Waals surface area contributed by atoms with Crippen LogP contribution in [0.4, 0.5) is 0 Å². The summed E-state index contributed by atoms with van der Waals surface area (Å²) in [5.41, 5.74) is 3.92. The van der Waals surface area contributed by atoms with Gasteiger partial charge in [0.2, 0.25) is 0 Å². The first kappa shape index (κ1) is 11.6. The largest absolute Gasteiger partial charge is 0.314 e. The highest BCUT2D eigenvalue weighted by Gasteiger charge is 2.12. The topological polar surface area (TPSA) is 44.0 Å². The number of aryl methyl sites for hydroxylation is 2. The van der Waals surface area contributed by atoms with Crippen molar-refractivity contribution in [1.29, 1.82) is 0 Å². The van der Waals surface area contributed by atoms with Gasteiger partial charge in [0.1, 0.15) is 0 Å². The van der Waals surface area contributed by atoms with Crippen molar-refractivity contribution in [2.45, 2.75) is 26.7 Å². The molecule has 0 spiro atoms. The van der Waals surface area contributed by atoms with Crippen molar-refractivity contribution in [1.82, 2.24) is 20.4 Å². The van der Waals surface area contributed by atoms with E-state index in [0.717, 1.165) is 32.5 Å². The van der Waals surface area contributed by atoms with Gasteiger partial charge in [-0.3, -0.25) is 5.10 Å². The molecule has 0 unspecified atom stereocenters. The highest BCUT2D eigenvalue weighted by Crippen LogP contribution is 2.12. The smallest absolute Gasteiger partial charge is 0.0654 e. The molecule has 16 heavy (non-hydrogen) atoms. The molecule has 1 aromatic heterocycles. The number of hydrogen-bond donors (Lipinski definition) is 2. The van der Waals surface area contributed by atoms with E-state index < -0.39 is 0 Å². The molecule has 0 aliphatic carbocycles. The van der Waals surface area contributed by atoms with Crippen LogP contribution in [0.1, 0.15) is 23.9 Å². The van der Waals surface area contributed by atoms with Crippen molar-refractivity contribution < 1.29 is 0 Å². The number of nitrogens with one attached hydrogen (secondary N) is 2. The third kappa shape index (κ3) is 2.62. The van der Waals surface area contributed by atoms with Gasteiger partial charge >= 0.3 is 0 Å². The number of hydrogen-bond acceptors (Lipinski definition) is 3. The molecule has 0 atom stereocenters. The van der Waals surface area contributed by atoms with Gasteiger partial charge in [-0.05, 0) is 25.3 Å². The van der Waals surface area contributed by atoms with Gasteiger partial charge in [-0.15, -0.1) is 0 Å². The second-order valence-electron chi connectivity index (χ2n) is 4.47. The summed E-state index contributed by atoms with van der Waals surface area (Å²) in [6.07, 6.45) is 2.16. The summed E-state index contributed by atoms with van der Waals surface area (Å²) >= 11 is 0. The average Bonchev–Trinajstić information content (AvgIpc) is 2.69. The van der Waals surface area contributed by atoms with E-state index in [0.29, 0.717) is 0 Å². The summed E-state index contributed by atoms with van der Waals surface area (Å²) in [5, 5.41) is 10.8. The van der Waals surface area contributed by atoms with Gasteiger partial charge in [-0.1, -0.05) is 6.92 Å². The molecular formula is C12H22N4. The van der Waals surface area contributed by atoms with Crippen LogP contribution < -0.4 is 5.32 Å². The van der Waals surface area contributed by atoms with Crippen LogP contribution in [0, 0.1) is 6.92 Å². The maximum atomic E-state index is 4.34. The molecule has 0 radical (unpaired) electrons. The molecule has 0 aromatic carbocycles. The monoisotopic (exact) mass is 222 g/mol. The third-order valence-electron chi connectivity index (χ3n) is 3.38. The Morgan fingerprint density at radius 1 is 1.31 bits per heavy atom. The van der Waals surface area contributed by atoms with Crippen molar-refractivity contribution in [2.24, 2.45) is 0 Å². The molecular weight excluding hydrogens is 200 g/mol. The minimum Gasteiger partial charge on any atom is -0.314 e. The molecule has 1 aliphatic rings. The van der Waals surface area contributed by atoms with E-state index in [4.69, 9.17) is 0 Å². The lowest BCUT2D eigenvalue weighted by Crippen LogP contribution is -2.44. The van der Waals surface area contributed by atoms with Crippen LogP contribution in [0.3, 0.4) is 0 Å². The Morgan fingerprint density at radius 3 is 2.75 bits per heavy atom. The minimum atomic E-state index is 1.03. The fraction of sp³-hybridized carbons (Fsp3) is 0.750. The van der Waals surface area contributed by atoms with Crippen LogP contribution >= 0.6 is 0 Å². The number of aromatic amines is 1. The second-order valence-corrected chi connectivity index (χ2v) is 4.47. The Morgan fingerprint density at radius 2 is 2.06 bits per heavy atom. The van der Waals surface area contributed by atoms with Crippen molar-refractivity contribution in [3.63, 3.8) is 0 Å². The summed E-state index contributed by atoms with van der Waals surface area (Å²) in [4.78, 5) is 2.53. The lowest BCUT2D eigenvalue weighted by molar-refractivity contribution is 0.243. The van der Waals surface area contributed by atoms with E-state index in [9.17, 15) is 0 Å². The molecule has 4 heteroatoms. The molecule has 2 rings (SSSR count). The summed E-state index contributed by atoms with van der Waals surface area (Å²) in [5.74, 6) is 0. The van der Waals surface area contributed by atoms with E-state index >= 15 is 0 Å². The van der Waals surface area contributed by atoms with E-state index in [1.807, 2.05) is 0 Å². The number of nitrogens with zero attached hydrogens (tertiary/aromatic N) is 2. The SMILES string of the molecule is CCc1n[nH]c(C)c1CCN1CCNCC1. The maximum absolute atomic E-state index is 4.34. The number of aromatic nitrogens is 2. The van der Waals surface area contributed by atoms with Gasteiger partial charge in [0.25, 0.3) is 0 Å². The van der Waals surface area contributed by atoms with Gasteiger partial charge < -0.3 is 10.2 Å². The number of piperazine rings is 1. The minimum absolute atomic E-state index is 1.03. The molecule has 1 saturated heterocycles. The molecule has 1 aliphatic heterocycles. The first-order valence-electron chi connectivity index (χ1n) is 6.27. The molecule has 1 fully saturated rings. The van der Waals surface area contributed by atoms with E-state index in [2.05, 4.69) is 34.3 Å². The van der Waals surface area contributed by atoms with Gasteiger partial charge in [-0.2, -0.15) is 5.10 Å². The standard InChI is InChI=1S/C12H22N4/c1-3-12-11(10(2)14-15-12)4-7-16-8-5-13-6-9-16/h13H,3-9H2,1-2H3,(H,14,15). The normalized spacial score (nSPS) is 17.9.